The number of piperidine rings is 1. The molecule has 5 nitrogen and oxygen atoms in total. The molecule has 0 radical (unpaired) electrons. The second-order valence-corrected chi connectivity index (χ2v) is 7.80. The molecular formula is C20H41IN4O. The van der Waals surface area contributed by atoms with Gasteiger partial charge in [0.15, 0.2) is 5.96 Å². The van der Waals surface area contributed by atoms with Crippen LogP contribution in [0.3, 0.4) is 0 Å². The second kappa shape index (κ2) is 14.9. The summed E-state index contributed by atoms with van der Waals surface area (Å²) in [7, 11) is 3.66. The van der Waals surface area contributed by atoms with Crippen LogP contribution in [0.4, 0.5) is 0 Å². The Kier molecular flexibility index (Phi) is 13.7. The van der Waals surface area contributed by atoms with Crippen molar-refractivity contribution >= 4 is 29.9 Å². The Morgan fingerprint density at radius 1 is 1.04 bits per heavy atom. The van der Waals surface area contributed by atoms with Crippen LogP contribution in [0.5, 0.6) is 0 Å². The molecule has 0 bridgehead atoms. The molecule has 0 aromatic rings. The third-order valence-electron chi connectivity index (χ3n) is 5.91. The van der Waals surface area contributed by atoms with Crippen LogP contribution in [0.15, 0.2) is 4.99 Å². The highest BCUT2D eigenvalue weighted by molar-refractivity contribution is 14.0. The SMILES string of the molecule is CN=C(NCCCC1CCCCC1)NCC1CCN(CCOC)CC1.I. The van der Waals surface area contributed by atoms with Gasteiger partial charge in [-0.2, -0.15) is 0 Å². The van der Waals surface area contributed by atoms with E-state index in [1.54, 1.807) is 7.11 Å². The minimum absolute atomic E-state index is 0. The Morgan fingerprint density at radius 3 is 2.42 bits per heavy atom. The van der Waals surface area contributed by atoms with Crippen LogP contribution in [0.2, 0.25) is 0 Å². The van der Waals surface area contributed by atoms with Gasteiger partial charge in [0.05, 0.1) is 6.61 Å². The van der Waals surface area contributed by atoms with Crippen molar-refractivity contribution in [3.8, 4) is 0 Å². The van der Waals surface area contributed by atoms with E-state index < -0.39 is 0 Å². The number of aliphatic imine (C=N–C) groups is 1. The summed E-state index contributed by atoms with van der Waals surface area (Å²) in [5.74, 6) is 2.72. The molecule has 0 aromatic carbocycles. The van der Waals surface area contributed by atoms with Crippen molar-refractivity contribution in [2.75, 3.05) is 53.5 Å². The lowest BCUT2D eigenvalue weighted by Crippen LogP contribution is -2.43. The van der Waals surface area contributed by atoms with Gasteiger partial charge in [0.1, 0.15) is 0 Å². The van der Waals surface area contributed by atoms with Crippen LogP contribution in [0, 0.1) is 11.8 Å². The fourth-order valence-electron chi connectivity index (χ4n) is 4.17. The molecular weight excluding hydrogens is 439 g/mol. The van der Waals surface area contributed by atoms with Crippen LogP contribution >= 0.6 is 24.0 Å². The van der Waals surface area contributed by atoms with E-state index >= 15 is 0 Å². The highest BCUT2D eigenvalue weighted by atomic mass is 127. The summed E-state index contributed by atoms with van der Waals surface area (Å²) in [4.78, 5) is 6.89. The Balaban J connectivity index is 0.00000338. The Labute approximate surface area is 178 Å². The van der Waals surface area contributed by atoms with E-state index in [4.69, 9.17) is 4.74 Å². The first kappa shape index (κ1) is 24.0. The molecule has 2 fully saturated rings. The summed E-state index contributed by atoms with van der Waals surface area (Å²) in [6.45, 7) is 6.40. The van der Waals surface area contributed by atoms with Crippen molar-refractivity contribution < 1.29 is 4.74 Å². The largest absolute Gasteiger partial charge is 0.383 e. The minimum atomic E-state index is 0. The number of nitrogens with one attached hydrogen (secondary N) is 2. The maximum Gasteiger partial charge on any atom is 0.190 e. The average Bonchev–Trinajstić information content (AvgIpc) is 2.67. The first-order chi connectivity index (χ1) is 12.3. The first-order valence-corrected chi connectivity index (χ1v) is 10.5. The van der Waals surface area contributed by atoms with Crippen LogP contribution < -0.4 is 10.6 Å². The van der Waals surface area contributed by atoms with Crippen molar-refractivity contribution in [1.82, 2.24) is 15.5 Å². The molecule has 1 saturated carbocycles. The molecule has 2 aliphatic rings. The van der Waals surface area contributed by atoms with Crippen molar-refractivity contribution in [2.45, 2.75) is 57.8 Å². The van der Waals surface area contributed by atoms with E-state index in [2.05, 4.69) is 20.5 Å². The predicted octanol–water partition coefficient (Wildman–Crippen LogP) is 3.49. The van der Waals surface area contributed by atoms with Crippen molar-refractivity contribution in [3.63, 3.8) is 0 Å². The maximum absolute atomic E-state index is 5.17. The van der Waals surface area contributed by atoms with Gasteiger partial charge < -0.3 is 20.3 Å². The lowest BCUT2D eigenvalue weighted by atomic mass is 9.86. The highest BCUT2D eigenvalue weighted by Crippen LogP contribution is 2.26. The summed E-state index contributed by atoms with van der Waals surface area (Å²) < 4.78 is 5.17. The standard InChI is InChI=1S/C20H40N4O.HI/c1-21-20(22-12-6-9-18-7-4-3-5-8-18)23-17-19-10-13-24(14-11-19)15-16-25-2;/h18-19H,3-17H2,1-2H3,(H2,21,22,23);1H. The molecule has 0 spiro atoms. The molecule has 1 heterocycles. The summed E-state index contributed by atoms with van der Waals surface area (Å²) in [5, 5.41) is 7.03. The number of hydrogen-bond donors (Lipinski definition) is 2. The van der Waals surface area contributed by atoms with Gasteiger partial charge in [-0.1, -0.05) is 32.1 Å². The van der Waals surface area contributed by atoms with Gasteiger partial charge in [0.25, 0.3) is 0 Å². The van der Waals surface area contributed by atoms with E-state index in [0.717, 1.165) is 44.0 Å². The van der Waals surface area contributed by atoms with E-state index in [1.165, 1.54) is 70.9 Å². The number of ether oxygens (including phenoxy) is 1. The number of rotatable bonds is 9. The van der Waals surface area contributed by atoms with E-state index in [0.29, 0.717) is 0 Å². The smallest absolute Gasteiger partial charge is 0.190 e. The van der Waals surface area contributed by atoms with Crippen LogP contribution in [0.1, 0.15) is 57.8 Å². The minimum Gasteiger partial charge on any atom is -0.383 e. The normalized spacial score (nSPS) is 20.6. The fourth-order valence-corrected chi connectivity index (χ4v) is 4.17. The van der Waals surface area contributed by atoms with Crippen molar-refractivity contribution in [3.05, 3.63) is 0 Å². The molecule has 154 valence electrons. The Morgan fingerprint density at radius 2 is 1.77 bits per heavy atom. The molecule has 1 saturated heterocycles. The van der Waals surface area contributed by atoms with Gasteiger partial charge in [0.2, 0.25) is 0 Å². The number of likely N-dealkylation sites (tertiary alicyclic amines) is 1. The molecule has 0 aromatic heterocycles. The number of guanidine groups is 1. The maximum atomic E-state index is 5.17. The summed E-state index contributed by atoms with van der Waals surface area (Å²) in [5.41, 5.74) is 0. The quantitative estimate of drug-likeness (QED) is 0.230. The molecule has 2 rings (SSSR count). The Bertz CT molecular complexity index is 367. The monoisotopic (exact) mass is 480 g/mol. The molecule has 0 unspecified atom stereocenters. The zero-order valence-corrected chi connectivity index (χ0v) is 19.3. The number of methoxy groups -OCH3 is 1. The van der Waals surface area contributed by atoms with E-state index in [-0.39, 0.29) is 24.0 Å². The van der Waals surface area contributed by atoms with Crippen LogP contribution in [0.25, 0.3) is 0 Å². The predicted molar refractivity (Wildman–Crippen MR) is 122 cm³/mol. The lowest BCUT2D eigenvalue weighted by molar-refractivity contribution is 0.121. The van der Waals surface area contributed by atoms with Crippen molar-refractivity contribution in [1.29, 1.82) is 0 Å². The molecule has 2 N–H and O–H groups in total. The number of nitrogens with zero attached hydrogens (tertiary/aromatic N) is 2. The average molecular weight is 480 g/mol. The van der Waals surface area contributed by atoms with Gasteiger partial charge in [-0.25, -0.2) is 0 Å². The van der Waals surface area contributed by atoms with Crippen LogP contribution in [-0.4, -0.2) is 64.3 Å². The molecule has 1 aliphatic carbocycles. The van der Waals surface area contributed by atoms with E-state index in [9.17, 15) is 0 Å². The second-order valence-electron chi connectivity index (χ2n) is 7.80. The topological polar surface area (TPSA) is 48.9 Å². The summed E-state index contributed by atoms with van der Waals surface area (Å²) in [6, 6.07) is 0. The summed E-state index contributed by atoms with van der Waals surface area (Å²) >= 11 is 0. The molecule has 26 heavy (non-hydrogen) atoms. The molecule has 1 aliphatic heterocycles. The third kappa shape index (κ3) is 9.74. The molecule has 0 amide bonds. The zero-order chi connectivity index (χ0) is 17.7. The van der Waals surface area contributed by atoms with Gasteiger partial charge in [-0.15, -0.1) is 24.0 Å². The lowest BCUT2D eigenvalue weighted by Gasteiger charge is -2.32. The Hall–Kier alpha value is -0.0800. The zero-order valence-electron chi connectivity index (χ0n) is 17.0. The highest BCUT2D eigenvalue weighted by Gasteiger charge is 2.19. The van der Waals surface area contributed by atoms with E-state index in [1.807, 2.05) is 7.05 Å². The third-order valence-corrected chi connectivity index (χ3v) is 5.91. The van der Waals surface area contributed by atoms with Gasteiger partial charge in [0, 0.05) is 33.8 Å². The van der Waals surface area contributed by atoms with Crippen molar-refractivity contribution in [2.24, 2.45) is 16.8 Å². The first-order valence-electron chi connectivity index (χ1n) is 10.5. The van der Waals surface area contributed by atoms with Gasteiger partial charge in [-0.3, -0.25) is 4.99 Å². The number of hydrogen-bond acceptors (Lipinski definition) is 3. The van der Waals surface area contributed by atoms with Crippen LogP contribution in [-0.2, 0) is 4.74 Å². The van der Waals surface area contributed by atoms with Gasteiger partial charge in [-0.05, 0) is 50.6 Å². The van der Waals surface area contributed by atoms with Gasteiger partial charge >= 0.3 is 0 Å². The number of halogens is 1. The summed E-state index contributed by atoms with van der Waals surface area (Å²) in [6.07, 6.45) is 12.5. The fraction of sp³-hybridized carbons (Fsp3) is 0.950. The molecule has 0 atom stereocenters. The molecule has 6 heteroatoms.